The van der Waals surface area contributed by atoms with Gasteiger partial charge in [0.2, 0.25) is 0 Å². The lowest BCUT2D eigenvalue weighted by molar-refractivity contribution is -0.118. The molecule has 2 amide bonds. The van der Waals surface area contributed by atoms with E-state index in [9.17, 15) is 9.59 Å². The third-order valence-electron chi connectivity index (χ3n) is 4.40. The molecule has 0 aliphatic heterocycles. The first-order valence-corrected chi connectivity index (χ1v) is 10.5. The van der Waals surface area contributed by atoms with Gasteiger partial charge in [0.05, 0.1) is 5.69 Å². The van der Waals surface area contributed by atoms with Gasteiger partial charge in [-0.05, 0) is 48.5 Å². The Morgan fingerprint density at radius 1 is 1.03 bits per heavy atom. The summed E-state index contributed by atoms with van der Waals surface area (Å²) in [5.41, 5.74) is 3.24. The van der Waals surface area contributed by atoms with Crippen molar-refractivity contribution in [3.8, 4) is 16.3 Å². The Bertz CT molecular complexity index is 1020. The summed E-state index contributed by atoms with van der Waals surface area (Å²) < 4.78 is 5.58. The molecule has 0 unspecified atom stereocenters. The Morgan fingerprint density at radius 3 is 2.27 bits per heavy atom. The number of rotatable bonds is 6. The van der Waals surface area contributed by atoms with Gasteiger partial charge in [-0.15, -0.1) is 11.3 Å². The monoisotopic (exact) mass is 423 g/mol. The van der Waals surface area contributed by atoms with E-state index in [1.165, 1.54) is 0 Å². The van der Waals surface area contributed by atoms with Crippen LogP contribution in [0, 0.1) is 0 Å². The smallest absolute Gasteiger partial charge is 0.262 e. The van der Waals surface area contributed by atoms with E-state index in [0.29, 0.717) is 17.0 Å². The van der Waals surface area contributed by atoms with Gasteiger partial charge >= 0.3 is 0 Å². The topological polar surface area (TPSA) is 80.3 Å². The van der Waals surface area contributed by atoms with Crippen molar-refractivity contribution >= 4 is 28.8 Å². The molecule has 0 atom stereocenters. The SMILES string of the molecule is CNC(=O)c1ccc(NC(=O)COc2ccc(-c3nc(C(C)(C)C)cs3)cc2)cc1. The zero-order valence-electron chi connectivity index (χ0n) is 17.5. The van der Waals surface area contributed by atoms with Crippen LogP contribution >= 0.6 is 11.3 Å². The molecule has 0 saturated heterocycles. The fourth-order valence-corrected chi connectivity index (χ4v) is 3.69. The van der Waals surface area contributed by atoms with Gasteiger partial charge in [-0.25, -0.2) is 4.98 Å². The number of amides is 2. The molecule has 2 N–H and O–H groups in total. The molecule has 0 saturated carbocycles. The number of thiazole rings is 1. The largest absolute Gasteiger partial charge is 0.484 e. The Labute approximate surface area is 180 Å². The minimum absolute atomic E-state index is 0.0217. The van der Waals surface area contributed by atoms with E-state index in [4.69, 9.17) is 9.72 Å². The van der Waals surface area contributed by atoms with Gasteiger partial charge in [-0.3, -0.25) is 9.59 Å². The number of hydrogen-bond donors (Lipinski definition) is 2. The molecule has 0 fully saturated rings. The summed E-state index contributed by atoms with van der Waals surface area (Å²) in [6, 6.07) is 14.2. The van der Waals surface area contributed by atoms with Crippen LogP contribution in [0.1, 0.15) is 36.8 Å². The van der Waals surface area contributed by atoms with Crippen LogP contribution in [-0.2, 0) is 10.2 Å². The van der Waals surface area contributed by atoms with Crippen molar-refractivity contribution in [2.45, 2.75) is 26.2 Å². The first-order chi connectivity index (χ1) is 14.3. The quantitative estimate of drug-likeness (QED) is 0.612. The summed E-state index contributed by atoms with van der Waals surface area (Å²) in [4.78, 5) is 28.4. The molecule has 1 aromatic heterocycles. The van der Waals surface area contributed by atoms with Gasteiger partial charge in [-0.1, -0.05) is 20.8 Å². The molecule has 1 heterocycles. The predicted octanol–water partition coefficient (Wildman–Crippen LogP) is 4.48. The Morgan fingerprint density at radius 2 is 1.70 bits per heavy atom. The fourth-order valence-electron chi connectivity index (χ4n) is 2.64. The molecule has 0 spiro atoms. The van der Waals surface area contributed by atoms with Gasteiger partial charge in [0.1, 0.15) is 10.8 Å². The van der Waals surface area contributed by atoms with Gasteiger partial charge in [-0.2, -0.15) is 0 Å². The molecule has 156 valence electrons. The van der Waals surface area contributed by atoms with E-state index in [2.05, 4.69) is 36.8 Å². The van der Waals surface area contributed by atoms with Gasteiger partial charge < -0.3 is 15.4 Å². The number of benzene rings is 2. The molecule has 0 radical (unpaired) electrons. The molecular formula is C23H25N3O3S. The second-order valence-corrected chi connectivity index (χ2v) is 8.66. The van der Waals surface area contributed by atoms with Crippen LogP contribution in [0.4, 0.5) is 5.69 Å². The van der Waals surface area contributed by atoms with Crippen LogP contribution in [0.3, 0.4) is 0 Å². The van der Waals surface area contributed by atoms with Crippen LogP contribution in [0.2, 0.25) is 0 Å². The Hall–Kier alpha value is -3.19. The first kappa shape index (κ1) is 21.5. The van der Waals surface area contributed by atoms with E-state index < -0.39 is 0 Å². The van der Waals surface area contributed by atoms with Gasteiger partial charge in [0.25, 0.3) is 11.8 Å². The van der Waals surface area contributed by atoms with Crippen molar-refractivity contribution in [3.63, 3.8) is 0 Å². The summed E-state index contributed by atoms with van der Waals surface area (Å²) in [6.07, 6.45) is 0. The van der Waals surface area contributed by atoms with Crippen LogP contribution in [0.5, 0.6) is 5.75 Å². The van der Waals surface area contributed by atoms with Crippen molar-refractivity contribution in [2.75, 3.05) is 19.0 Å². The maximum atomic E-state index is 12.1. The first-order valence-electron chi connectivity index (χ1n) is 9.57. The number of carbonyl (C=O) groups is 2. The zero-order valence-corrected chi connectivity index (χ0v) is 18.3. The molecule has 0 bridgehead atoms. The number of aromatic nitrogens is 1. The molecule has 7 heteroatoms. The van der Waals surface area contributed by atoms with Gasteiger partial charge in [0, 0.05) is 34.7 Å². The fraction of sp³-hybridized carbons (Fsp3) is 0.261. The highest BCUT2D eigenvalue weighted by Gasteiger charge is 2.18. The maximum Gasteiger partial charge on any atom is 0.262 e. The Kier molecular flexibility index (Phi) is 6.52. The number of carbonyl (C=O) groups excluding carboxylic acids is 2. The van der Waals surface area contributed by atoms with Crippen LogP contribution < -0.4 is 15.4 Å². The average Bonchev–Trinajstić information content (AvgIpc) is 3.23. The summed E-state index contributed by atoms with van der Waals surface area (Å²) in [7, 11) is 1.57. The number of hydrogen-bond acceptors (Lipinski definition) is 5. The van der Waals surface area contributed by atoms with E-state index in [1.807, 2.05) is 24.3 Å². The van der Waals surface area contributed by atoms with E-state index in [0.717, 1.165) is 16.3 Å². The lowest BCUT2D eigenvalue weighted by atomic mass is 9.93. The third-order valence-corrected chi connectivity index (χ3v) is 5.29. The van der Waals surface area contributed by atoms with E-state index in [1.54, 1.807) is 42.6 Å². The number of anilines is 1. The number of nitrogens with one attached hydrogen (secondary N) is 2. The van der Waals surface area contributed by atoms with Crippen LogP contribution in [-0.4, -0.2) is 30.5 Å². The van der Waals surface area contributed by atoms with Crippen molar-refractivity contribution < 1.29 is 14.3 Å². The summed E-state index contributed by atoms with van der Waals surface area (Å²) in [5, 5.41) is 8.35. The van der Waals surface area contributed by atoms with E-state index in [-0.39, 0.29) is 23.8 Å². The lowest BCUT2D eigenvalue weighted by Gasteiger charge is -2.14. The predicted molar refractivity (Wildman–Crippen MR) is 120 cm³/mol. The molecule has 30 heavy (non-hydrogen) atoms. The molecule has 2 aromatic carbocycles. The summed E-state index contributed by atoms with van der Waals surface area (Å²) >= 11 is 1.62. The second-order valence-electron chi connectivity index (χ2n) is 7.81. The minimum atomic E-state index is -0.276. The molecular weight excluding hydrogens is 398 g/mol. The molecule has 0 aliphatic carbocycles. The second kappa shape index (κ2) is 9.09. The van der Waals surface area contributed by atoms with Crippen molar-refractivity contribution in [3.05, 3.63) is 65.2 Å². The molecule has 3 rings (SSSR count). The average molecular weight is 424 g/mol. The number of nitrogens with zero attached hydrogens (tertiary/aromatic N) is 1. The van der Waals surface area contributed by atoms with Crippen molar-refractivity contribution in [1.29, 1.82) is 0 Å². The molecule has 0 aliphatic rings. The Balaban J connectivity index is 1.54. The number of ether oxygens (including phenoxy) is 1. The summed E-state index contributed by atoms with van der Waals surface area (Å²) in [6.45, 7) is 6.32. The molecule has 3 aromatic rings. The standard InChI is InChI=1S/C23H25N3O3S/c1-23(2,3)19-14-30-22(26-19)16-7-11-18(12-8-16)29-13-20(27)25-17-9-5-15(6-10-17)21(28)24-4/h5-12,14H,13H2,1-4H3,(H,24,28)(H,25,27). The van der Waals surface area contributed by atoms with Gasteiger partial charge in [0.15, 0.2) is 6.61 Å². The normalized spacial score (nSPS) is 11.1. The zero-order chi connectivity index (χ0) is 21.7. The third kappa shape index (κ3) is 5.45. The highest BCUT2D eigenvalue weighted by Crippen LogP contribution is 2.30. The lowest BCUT2D eigenvalue weighted by Crippen LogP contribution is -2.20. The van der Waals surface area contributed by atoms with E-state index >= 15 is 0 Å². The van der Waals surface area contributed by atoms with Crippen LogP contribution in [0.25, 0.3) is 10.6 Å². The highest BCUT2D eigenvalue weighted by atomic mass is 32.1. The van der Waals surface area contributed by atoms with Crippen molar-refractivity contribution in [1.82, 2.24) is 10.3 Å². The minimum Gasteiger partial charge on any atom is -0.484 e. The van der Waals surface area contributed by atoms with Crippen LogP contribution in [0.15, 0.2) is 53.9 Å². The highest BCUT2D eigenvalue weighted by molar-refractivity contribution is 7.13. The maximum absolute atomic E-state index is 12.1. The summed E-state index contributed by atoms with van der Waals surface area (Å²) in [5.74, 6) is 0.157. The van der Waals surface area contributed by atoms with Crippen molar-refractivity contribution in [2.24, 2.45) is 0 Å². The molecule has 6 nitrogen and oxygen atoms in total.